The molecule has 27 heavy (non-hydrogen) atoms. The van der Waals surface area contributed by atoms with Crippen molar-refractivity contribution in [2.45, 2.75) is 33.6 Å². The molecule has 5 heteroatoms. The van der Waals surface area contributed by atoms with E-state index in [1.165, 1.54) is 4.90 Å². The molecule has 0 N–H and O–H groups in total. The number of anilines is 1. The Labute approximate surface area is 162 Å². The summed E-state index contributed by atoms with van der Waals surface area (Å²) in [4.78, 5) is 32.2. The third-order valence-corrected chi connectivity index (χ3v) is 5.54. The van der Waals surface area contributed by atoms with Gasteiger partial charge in [-0.05, 0) is 54.7 Å². The highest BCUT2D eigenvalue weighted by atomic mass is 35.5. The summed E-state index contributed by atoms with van der Waals surface area (Å²) in [6, 6.07) is 11.2. The Morgan fingerprint density at radius 2 is 1.81 bits per heavy atom. The Kier molecular flexibility index (Phi) is 4.23. The molecule has 0 spiro atoms. The van der Waals surface area contributed by atoms with E-state index >= 15 is 0 Å². The van der Waals surface area contributed by atoms with Crippen LogP contribution in [0.15, 0.2) is 36.4 Å². The lowest BCUT2D eigenvalue weighted by Gasteiger charge is -2.22. The number of halogens is 1. The molecule has 1 aliphatic heterocycles. The van der Waals surface area contributed by atoms with Crippen molar-refractivity contribution in [2.75, 3.05) is 4.90 Å². The van der Waals surface area contributed by atoms with Gasteiger partial charge >= 0.3 is 0 Å². The van der Waals surface area contributed by atoms with Gasteiger partial charge in [0, 0.05) is 10.4 Å². The predicted octanol–water partition coefficient (Wildman–Crippen LogP) is 5.12. The number of amides is 2. The van der Waals surface area contributed by atoms with E-state index in [1.807, 2.05) is 51.1 Å². The SMILES string of the molecule is CCc1ccc(Cl)c(CC)c1N1C(=O)c2cc3c(C)cccc3nc2C1=O. The third-order valence-electron chi connectivity index (χ3n) is 5.18. The van der Waals surface area contributed by atoms with Crippen molar-refractivity contribution in [3.63, 3.8) is 0 Å². The van der Waals surface area contributed by atoms with E-state index in [-0.39, 0.29) is 17.5 Å². The smallest absolute Gasteiger partial charge is 0.268 e. The normalized spacial score (nSPS) is 13.6. The molecule has 2 amide bonds. The first-order chi connectivity index (χ1) is 13.0. The van der Waals surface area contributed by atoms with Crippen molar-refractivity contribution >= 4 is 40.0 Å². The van der Waals surface area contributed by atoms with E-state index in [9.17, 15) is 9.59 Å². The highest BCUT2D eigenvalue weighted by Gasteiger charge is 2.40. The van der Waals surface area contributed by atoms with Gasteiger partial charge in [-0.1, -0.05) is 43.6 Å². The molecule has 4 nitrogen and oxygen atoms in total. The van der Waals surface area contributed by atoms with Gasteiger partial charge < -0.3 is 0 Å². The summed E-state index contributed by atoms with van der Waals surface area (Å²) in [5.74, 6) is -0.718. The Morgan fingerprint density at radius 1 is 1.04 bits per heavy atom. The quantitative estimate of drug-likeness (QED) is 0.594. The monoisotopic (exact) mass is 378 g/mol. The van der Waals surface area contributed by atoms with Crippen molar-refractivity contribution < 1.29 is 9.59 Å². The first-order valence-electron chi connectivity index (χ1n) is 9.07. The van der Waals surface area contributed by atoms with Crippen LogP contribution in [0.3, 0.4) is 0 Å². The minimum atomic E-state index is -0.384. The number of nitrogens with zero attached hydrogens (tertiary/aromatic N) is 2. The summed E-state index contributed by atoms with van der Waals surface area (Å²) in [6.07, 6.45) is 1.32. The van der Waals surface area contributed by atoms with Crippen molar-refractivity contribution in [1.29, 1.82) is 0 Å². The minimum Gasteiger partial charge on any atom is -0.268 e. The van der Waals surface area contributed by atoms with Crippen LogP contribution >= 0.6 is 11.6 Å². The molecule has 0 unspecified atom stereocenters. The lowest BCUT2D eigenvalue weighted by atomic mass is 10.0. The van der Waals surface area contributed by atoms with E-state index in [0.29, 0.717) is 34.6 Å². The van der Waals surface area contributed by atoms with Gasteiger partial charge in [-0.2, -0.15) is 0 Å². The molecule has 1 aromatic heterocycles. The Balaban J connectivity index is 1.96. The van der Waals surface area contributed by atoms with Gasteiger partial charge in [0.1, 0.15) is 5.69 Å². The molecule has 3 aromatic rings. The number of hydrogen-bond donors (Lipinski definition) is 0. The lowest BCUT2D eigenvalue weighted by molar-refractivity contribution is 0.0924. The van der Waals surface area contributed by atoms with Gasteiger partial charge in [-0.3, -0.25) is 9.59 Å². The molecule has 0 saturated carbocycles. The fourth-order valence-corrected chi connectivity index (χ4v) is 4.04. The van der Waals surface area contributed by atoms with Crippen molar-refractivity contribution in [1.82, 2.24) is 4.98 Å². The zero-order valence-corrected chi connectivity index (χ0v) is 16.2. The number of pyridine rings is 1. The molecule has 1 aliphatic rings. The van der Waals surface area contributed by atoms with E-state index in [0.717, 1.165) is 22.1 Å². The maximum absolute atomic E-state index is 13.2. The minimum absolute atomic E-state index is 0.210. The highest BCUT2D eigenvalue weighted by Crippen LogP contribution is 2.37. The van der Waals surface area contributed by atoms with Crippen LogP contribution in [0.4, 0.5) is 5.69 Å². The van der Waals surface area contributed by atoms with Crippen molar-refractivity contribution in [3.8, 4) is 0 Å². The van der Waals surface area contributed by atoms with Crippen LogP contribution < -0.4 is 4.90 Å². The fraction of sp³-hybridized carbons (Fsp3) is 0.227. The molecule has 0 saturated heterocycles. The predicted molar refractivity (Wildman–Crippen MR) is 108 cm³/mol. The van der Waals surface area contributed by atoms with Crippen LogP contribution in [0.5, 0.6) is 0 Å². The second kappa shape index (κ2) is 6.46. The van der Waals surface area contributed by atoms with Crippen LogP contribution in [0.25, 0.3) is 10.9 Å². The average molecular weight is 379 g/mol. The molecule has 0 fully saturated rings. The number of rotatable bonds is 3. The second-order valence-electron chi connectivity index (χ2n) is 6.71. The number of benzene rings is 2. The number of aromatic nitrogens is 1. The number of imide groups is 1. The standard InChI is InChI=1S/C22H19ClN2O2/c1-4-13-9-10-17(23)14(5-2)20(13)25-21(26)16-11-15-12(3)7-6-8-18(15)24-19(16)22(25)27/h6-11H,4-5H2,1-3H3. The zero-order chi connectivity index (χ0) is 19.3. The van der Waals surface area contributed by atoms with Gasteiger partial charge in [0.25, 0.3) is 11.8 Å². The Morgan fingerprint density at radius 3 is 2.52 bits per heavy atom. The Hall–Kier alpha value is -2.72. The van der Waals surface area contributed by atoms with Crippen LogP contribution in [0, 0.1) is 6.92 Å². The van der Waals surface area contributed by atoms with Gasteiger partial charge in [-0.25, -0.2) is 9.88 Å². The maximum Gasteiger partial charge on any atom is 0.284 e. The highest BCUT2D eigenvalue weighted by molar-refractivity contribution is 6.36. The fourth-order valence-electron chi connectivity index (χ4n) is 3.75. The lowest BCUT2D eigenvalue weighted by Crippen LogP contribution is -2.31. The van der Waals surface area contributed by atoms with Crippen LogP contribution in [-0.2, 0) is 12.8 Å². The maximum atomic E-state index is 13.2. The number of fused-ring (bicyclic) bond motifs is 2. The van der Waals surface area contributed by atoms with E-state index in [4.69, 9.17) is 11.6 Å². The first-order valence-corrected chi connectivity index (χ1v) is 9.45. The zero-order valence-electron chi connectivity index (χ0n) is 15.5. The first kappa shape index (κ1) is 17.7. The summed E-state index contributed by atoms with van der Waals surface area (Å²) >= 11 is 6.38. The number of carbonyl (C=O) groups is 2. The van der Waals surface area contributed by atoms with Crippen LogP contribution in [0.2, 0.25) is 5.02 Å². The summed E-state index contributed by atoms with van der Waals surface area (Å²) in [5, 5.41) is 1.45. The second-order valence-corrected chi connectivity index (χ2v) is 7.12. The molecule has 2 aromatic carbocycles. The molecule has 2 heterocycles. The summed E-state index contributed by atoms with van der Waals surface area (Å²) < 4.78 is 0. The molecule has 4 rings (SSSR count). The molecule has 0 bridgehead atoms. The summed E-state index contributed by atoms with van der Waals surface area (Å²) in [7, 11) is 0. The molecular weight excluding hydrogens is 360 g/mol. The molecule has 0 aliphatic carbocycles. The van der Waals surface area contributed by atoms with E-state index < -0.39 is 0 Å². The van der Waals surface area contributed by atoms with Crippen LogP contribution in [-0.4, -0.2) is 16.8 Å². The number of aryl methyl sites for hydroxylation is 2. The molecule has 0 radical (unpaired) electrons. The number of carbonyl (C=O) groups excluding carboxylic acids is 2. The number of hydrogen-bond acceptors (Lipinski definition) is 3. The summed E-state index contributed by atoms with van der Waals surface area (Å²) in [6.45, 7) is 5.94. The Bertz CT molecular complexity index is 1120. The summed E-state index contributed by atoms with van der Waals surface area (Å²) in [5.41, 5.74) is 4.65. The molecule has 0 atom stereocenters. The third kappa shape index (κ3) is 2.55. The van der Waals surface area contributed by atoms with Crippen LogP contribution in [0.1, 0.15) is 51.4 Å². The van der Waals surface area contributed by atoms with Crippen molar-refractivity contribution in [3.05, 3.63) is 69.4 Å². The largest absolute Gasteiger partial charge is 0.284 e. The van der Waals surface area contributed by atoms with Gasteiger partial charge in [-0.15, -0.1) is 0 Å². The molecule has 136 valence electrons. The average Bonchev–Trinajstić information content (AvgIpc) is 2.90. The van der Waals surface area contributed by atoms with Gasteiger partial charge in [0.05, 0.1) is 16.8 Å². The van der Waals surface area contributed by atoms with E-state index in [2.05, 4.69) is 4.98 Å². The van der Waals surface area contributed by atoms with E-state index in [1.54, 1.807) is 6.07 Å². The van der Waals surface area contributed by atoms with Gasteiger partial charge in [0.15, 0.2) is 0 Å². The topological polar surface area (TPSA) is 50.3 Å². The molecular formula is C22H19ClN2O2. The van der Waals surface area contributed by atoms with Gasteiger partial charge in [0.2, 0.25) is 0 Å². The van der Waals surface area contributed by atoms with Crippen molar-refractivity contribution in [2.24, 2.45) is 0 Å².